The lowest BCUT2D eigenvalue weighted by Crippen LogP contribution is -2.37. The molecule has 5 aromatic carbocycles. The van der Waals surface area contributed by atoms with E-state index in [0.717, 1.165) is 35.2 Å². The molecule has 322 valence electrons. The van der Waals surface area contributed by atoms with Gasteiger partial charge in [-0.15, -0.1) is 0 Å². The van der Waals surface area contributed by atoms with E-state index < -0.39 is 21.3 Å². The Balaban J connectivity index is 0.991. The van der Waals surface area contributed by atoms with Crippen molar-refractivity contribution in [3.05, 3.63) is 130 Å². The van der Waals surface area contributed by atoms with Crippen LogP contribution in [-0.2, 0) is 45.2 Å². The predicted octanol–water partition coefficient (Wildman–Crippen LogP) is 7.82. The molecule has 0 bridgehead atoms. The third kappa shape index (κ3) is 7.82. The Kier molecular flexibility index (Phi) is 11.1. The fraction of sp³-hybridized carbons (Fsp3) is 0.271. The molecule has 5 aromatic rings. The largest absolute Gasteiger partial charge is 0.493 e. The summed E-state index contributed by atoms with van der Waals surface area (Å²) in [6.45, 7) is 3.66. The maximum absolute atomic E-state index is 14.0. The smallest absolute Gasteiger partial charge is 0.279 e. The first-order valence-electron chi connectivity index (χ1n) is 20.7. The minimum absolute atomic E-state index is 0.0180. The Bertz CT molecular complexity index is 2860. The van der Waals surface area contributed by atoms with Gasteiger partial charge in [-0.3, -0.25) is 38.4 Å². The summed E-state index contributed by atoms with van der Waals surface area (Å²) in [5, 5.41) is 1.35. The van der Waals surface area contributed by atoms with Gasteiger partial charge in [0.05, 0.1) is 48.8 Å². The molecule has 3 amide bonds. The Labute approximate surface area is 365 Å². The van der Waals surface area contributed by atoms with Gasteiger partial charge < -0.3 is 19.5 Å². The van der Waals surface area contributed by atoms with Crippen molar-refractivity contribution in [2.24, 2.45) is 9.98 Å². The highest BCUT2D eigenvalue weighted by molar-refractivity contribution is 7.88. The van der Waals surface area contributed by atoms with Crippen LogP contribution in [0.1, 0.15) is 68.3 Å². The number of aryl methyl sites for hydroxylation is 1. The van der Waals surface area contributed by atoms with Crippen molar-refractivity contribution in [3.8, 4) is 17.2 Å². The Morgan fingerprint density at radius 1 is 0.746 bits per heavy atom. The lowest BCUT2D eigenvalue weighted by atomic mass is 10.1. The third-order valence-electron chi connectivity index (χ3n) is 11.8. The number of para-hydroxylation sites is 2. The molecule has 0 aromatic heterocycles. The summed E-state index contributed by atoms with van der Waals surface area (Å²) < 4.78 is 48.8. The molecule has 0 fully saturated rings. The highest BCUT2D eigenvalue weighted by Crippen LogP contribution is 2.42. The van der Waals surface area contributed by atoms with E-state index in [9.17, 15) is 22.8 Å². The van der Waals surface area contributed by atoms with Crippen LogP contribution in [0.5, 0.6) is 17.2 Å². The number of rotatable bonds is 13. The van der Waals surface area contributed by atoms with Crippen LogP contribution < -0.4 is 29.3 Å². The quantitative estimate of drug-likeness (QED) is 0.116. The number of nitrogens with zero attached hydrogens (tertiary/aromatic N) is 4. The standard InChI is InChI=1S/C48H45N5O9S/c1-5-10-45(63(57,58)60-4)46(54)51-33-17-29(26-61-42-22-38-36(15-28(42)2)47(55)52-34(24-49-38)19-31-11-6-8-13-40(31)52)16-30(18-33)27-62-44-23-39-37(21-43(44)59-3)48(56)53-35(25-50-39)20-32-12-7-9-14-41(32)53/h6-9,11-18,21-25,34-35,45H,5,10,19-20,26-27H2,1-4H3,(H,51,54)/t34-,35-,45?/m0/s1. The van der Waals surface area contributed by atoms with Crippen LogP contribution in [0.25, 0.3) is 0 Å². The molecule has 0 saturated carbocycles. The van der Waals surface area contributed by atoms with Crippen molar-refractivity contribution in [1.29, 1.82) is 0 Å². The third-order valence-corrected chi connectivity index (χ3v) is 13.4. The van der Waals surface area contributed by atoms with E-state index in [2.05, 4.69) is 5.32 Å². The number of aliphatic imine (C=N–C) groups is 2. The molecular formula is C48H45N5O9S. The van der Waals surface area contributed by atoms with Gasteiger partial charge in [-0.2, -0.15) is 8.42 Å². The number of amides is 3. The van der Waals surface area contributed by atoms with Gasteiger partial charge in [0, 0.05) is 54.5 Å². The fourth-order valence-corrected chi connectivity index (χ4v) is 9.80. The van der Waals surface area contributed by atoms with Gasteiger partial charge in [0.15, 0.2) is 16.7 Å². The van der Waals surface area contributed by atoms with Crippen molar-refractivity contribution in [2.75, 3.05) is 29.3 Å². The summed E-state index contributed by atoms with van der Waals surface area (Å²) in [6, 6.07) is 27.4. The van der Waals surface area contributed by atoms with Crippen LogP contribution in [0.3, 0.4) is 0 Å². The minimum Gasteiger partial charge on any atom is -0.493 e. The lowest BCUT2D eigenvalue weighted by Gasteiger charge is -2.22. The van der Waals surface area contributed by atoms with Gasteiger partial charge in [0.2, 0.25) is 5.91 Å². The first kappa shape index (κ1) is 41.5. The second-order valence-corrected chi connectivity index (χ2v) is 17.8. The van der Waals surface area contributed by atoms with Crippen molar-refractivity contribution >= 4 is 68.7 Å². The summed E-state index contributed by atoms with van der Waals surface area (Å²) in [5.41, 5.74) is 7.97. The van der Waals surface area contributed by atoms with E-state index in [4.69, 9.17) is 28.4 Å². The molecule has 14 nitrogen and oxygen atoms in total. The molecule has 4 aliphatic heterocycles. The number of carbonyl (C=O) groups excluding carboxylic acids is 3. The molecule has 0 saturated heterocycles. The SMILES string of the molecule is CCCC(C(=O)Nc1cc(COc2cc3c(cc2C)C(=O)N2c4ccccc4C[C@H]2C=N3)cc(COc2cc3c(cc2OC)C(=O)N2c4ccccc4C[C@H]2C=N3)c1)S(=O)(=O)OC. The molecule has 1 unspecified atom stereocenters. The zero-order valence-electron chi connectivity index (χ0n) is 35.2. The summed E-state index contributed by atoms with van der Waals surface area (Å²) in [5.74, 6) is 0.108. The lowest BCUT2D eigenvalue weighted by molar-refractivity contribution is -0.116. The molecule has 4 heterocycles. The van der Waals surface area contributed by atoms with Crippen LogP contribution in [-0.4, -0.2) is 70.1 Å². The van der Waals surface area contributed by atoms with Crippen molar-refractivity contribution in [1.82, 2.24) is 0 Å². The number of methoxy groups -OCH3 is 1. The zero-order chi connectivity index (χ0) is 44.0. The van der Waals surface area contributed by atoms with Crippen molar-refractivity contribution in [2.45, 2.75) is 70.1 Å². The number of hydrogen-bond donors (Lipinski definition) is 1. The number of ether oxygens (including phenoxy) is 3. The van der Waals surface area contributed by atoms with Gasteiger partial charge in [-0.25, -0.2) is 0 Å². The number of anilines is 3. The van der Waals surface area contributed by atoms with Crippen LogP contribution in [0, 0.1) is 6.92 Å². The second kappa shape index (κ2) is 16.8. The number of benzene rings is 5. The second-order valence-electron chi connectivity index (χ2n) is 15.9. The first-order valence-corrected chi connectivity index (χ1v) is 22.2. The van der Waals surface area contributed by atoms with E-state index in [0.29, 0.717) is 75.8 Å². The zero-order valence-corrected chi connectivity index (χ0v) is 36.0. The predicted molar refractivity (Wildman–Crippen MR) is 240 cm³/mol. The highest BCUT2D eigenvalue weighted by Gasteiger charge is 2.38. The Morgan fingerprint density at radius 3 is 1.84 bits per heavy atom. The molecule has 63 heavy (non-hydrogen) atoms. The number of nitrogens with one attached hydrogen (secondary N) is 1. The maximum atomic E-state index is 14.0. The van der Waals surface area contributed by atoms with E-state index in [1.165, 1.54) is 7.11 Å². The summed E-state index contributed by atoms with van der Waals surface area (Å²) in [7, 11) is -1.66. The van der Waals surface area contributed by atoms with Crippen molar-refractivity contribution in [3.63, 3.8) is 0 Å². The van der Waals surface area contributed by atoms with Crippen LogP contribution in [0.15, 0.2) is 101 Å². The van der Waals surface area contributed by atoms with Crippen molar-refractivity contribution < 1.29 is 41.2 Å². The molecule has 3 atom stereocenters. The summed E-state index contributed by atoms with van der Waals surface area (Å²) in [4.78, 5) is 54.5. The topological polar surface area (TPSA) is 165 Å². The van der Waals surface area contributed by atoms with Crippen LogP contribution >= 0.6 is 0 Å². The van der Waals surface area contributed by atoms with Crippen LogP contribution in [0.4, 0.5) is 28.4 Å². The highest BCUT2D eigenvalue weighted by atomic mass is 32.2. The molecule has 9 rings (SSSR count). The molecule has 0 radical (unpaired) electrons. The summed E-state index contributed by atoms with van der Waals surface area (Å²) in [6.07, 6.45) is 5.42. The maximum Gasteiger partial charge on any atom is 0.279 e. The average molecular weight is 868 g/mol. The Morgan fingerprint density at radius 2 is 1.29 bits per heavy atom. The Hall–Kier alpha value is -6.84. The van der Waals surface area contributed by atoms with E-state index in [1.807, 2.05) is 67.7 Å². The molecule has 0 spiro atoms. The van der Waals surface area contributed by atoms with Gasteiger partial charge in [0.1, 0.15) is 19.0 Å². The minimum atomic E-state index is -4.19. The normalized spacial score (nSPS) is 17.4. The van der Waals surface area contributed by atoms with Crippen LogP contribution in [0.2, 0.25) is 0 Å². The average Bonchev–Trinajstić information content (AvgIpc) is 3.78. The van der Waals surface area contributed by atoms with Gasteiger partial charge >= 0.3 is 0 Å². The molecule has 0 aliphatic carbocycles. The van der Waals surface area contributed by atoms with E-state index >= 15 is 0 Å². The molecular weight excluding hydrogens is 823 g/mol. The number of carbonyl (C=O) groups is 3. The fourth-order valence-electron chi connectivity index (χ4n) is 8.72. The molecule has 1 N–H and O–H groups in total. The monoisotopic (exact) mass is 867 g/mol. The van der Waals surface area contributed by atoms with Gasteiger partial charge in [-0.1, -0.05) is 49.7 Å². The number of hydrogen-bond acceptors (Lipinski definition) is 11. The van der Waals surface area contributed by atoms with Gasteiger partial charge in [-0.05, 0) is 83.6 Å². The molecule has 4 aliphatic rings. The van der Waals surface area contributed by atoms with Gasteiger partial charge in [0.25, 0.3) is 21.9 Å². The molecule has 15 heteroatoms. The van der Waals surface area contributed by atoms with E-state index in [1.54, 1.807) is 59.3 Å². The summed E-state index contributed by atoms with van der Waals surface area (Å²) >= 11 is 0. The van der Waals surface area contributed by atoms with E-state index in [-0.39, 0.29) is 43.5 Å². The number of fused-ring (bicyclic) bond motifs is 8. The first-order chi connectivity index (χ1) is 30.5.